The molecule has 2 rings (SSSR count). The topological polar surface area (TPSA) is 37.8 Å². The minimum atomic E-state index is 0.548. The molecule has 0 aliphatic carbocycles. The van der Waals surface area contributed by atoms with Gasteiger partial charge >= 0.3 is 0 Å². The fourth-order valence-corrected chi connectivity index (χ4v) is 2.06. The number of nitrogens with one attached hydrogen (secondary N) is 1. The zero-order chi connectivity index (χ0) is 13.7. The van der Waals surface area contributed by atoms with Gasteiger partial charge in [0.1, 0.15) is 5.82 Å². The lowest BCUT2D eigenvalue weighted by molar-refractivity contribution is 0.704. The maximum Gasteiger partial charge on any atom is 0.147 e. The van der Waals surface area contributed by atoms with Gasteiger partial charge in [-0.2, -0.15) is 0 Å². The van der Waals surface area contributed by atoms with Crippen LogP contribution in [0.2, 0.25) is 0 Å². The molecule has 0 fully saturated rings. The molecule has 0 aliphatic heterocycles. The minimum absolute atomic E-state index is 0.548. The Labute approximate surface area is 115 Å². The van der Waals surface area contributed by atoms with Crippen molar-refractivity contribution >= 4 is 5.82 Å². The highest BCUT2D eigenvalue weighted by Gasteiger charge is 2.06. The minimum Gasteiger partial charge on any atom is -0.369 e. The van der Waals surface area contributed by atoms with Gasteiger partial charge < -0.3 is 5.32 Å². The Morgan fingerprint density at radius 3 is 2.63 bits per heavy atom. The van der Waals surface area contributed by atoms with Gasteiger partial charge in [-0.3, -0.25) is 4.98 Å². The van der Waals surface area contributed by atoms with Crippen LogP contribution in [0.15, 0.2) is 36.5 Å². The third kappa shape index (κ3) is 3.78. The first kappa shape index (κ1) is 13.5. The predicted octanol–water partition coefficient (Wildman–Crippen LogP) is 3.70. The third-order valence-corrected chi connectivity index (χ3v) is 3.31. The molecule has 0 saturated carbocycles. The molecule has 2 aromatic rings. The molecule has 0 bridgehead atoms. The predicted molar refractivity (Wildman–Crippen MR) is 79.5 cm³/mol. The summed E-state index contributed by atoms with van der Waals surface area (Å²) in [4.78, 5) is 8.78. The second-order valence-corrected chi connectivity index (χ2v) is 4.97. The van der Waals surface area contributed by atoms with Crippen molar-refractivity contribution in [2.75, 3.05) is 11.9 Å². The van der Waals surface area contributed by atoms with Crippen LogP contribution in [0.3, 0.4) is 0 Å². The van der Waals surface area contributed by atoms with E-state index in [2.05, 4.69) is 52.5 Å². The van der Waals surface area contributed by atoms with Crippen LogP contribution in [0, 0.1) is 13.8 Å². The van der Waals surface area contributed by atoms with E-state index in [9.17, 15) is 0 Å². The van der Waals surface area contributed by atoms with Crippen LogP contribution in [-0.2, 0) is 0 Å². The van der Waals surface area contributed by atoms with E-state index in [-0.39, 0.29) is 0 Å². The van der Waals surface area contributed by atoms with Crippen molar-refractivity contribution in [3.63, 3.8) is 0 Å². The van der Waals surface area contributed by atoms with E-state index in [4.69, 9.17) is 0 Å². The number of aromatic nitrogens is 2. The lowest BCUT2D eigenvalue weighted by Crippen LogP contribution is -2.09. The van der Waals surface area contributed by atoms with Crippen molar-refractivity contribution in [2.45, 2.75) is 33.1 Å². The highest BCUT2D eigenvalue weighted by Crippen LogP contribution is 2.18. The Kier molecular flexibility index (Phi) is 4.50. The molecule has 0 radical (unpaired) electrons. The van der Waals surface area contributed by atoms with Crippen molar-refractivity contribution in [1.29, 1.82) is 0 Å². The van der Waals surface area contributed by atoms with Gasteiger partial charge in [-0.05, 0) is 31.7 Å². The van der Waals surface area contributed by atoms with E-state index in [1.165, 1.54) is 5.56 Å². The molecular formula is C16H21N3. The molecule has 0 saturated heterocycles. The zero-order valence-corrected chi connectivity index (χ0v) is 11.9. The van der Waals surface area contributed by atoms with Crippen LogP contribution >= 0.6 is 0 Å². The monoisotopic (exact) mass is 255 g/mol. The molecule has 1 heterocycles. The maximum atomic E-state index is 4.47. The SMILES string of the molecule is Cc1cnc(C)c(NCCC(C)c2ccccc2)n1. The van der Waals surface area contributed by atoms with Crippen molar-refractivity contribution in [3.8, 4) is 0 Å². The summed E-state index contributed by atoms with van der Waals surface area (Å²) in [5.41, 5.74) is 3.29. The van der Waals surface area contributed by atoms with E-state index in [1.54, 1.807) is 6.20 Å². The molecule has 1 N–H and O–H groups in total. The standard InChI is InChI=1S/C16H21N3/c1-12(15-7-5-4-6-8-15)9-10-17-16-14(3)18-11-13(2)19-16/h4-8,11-12H,9-10H2,1-3H3,(H,17,19). The average molecular weight is 255 g/mol. The van der Waals surface area contributed by atoms with Gasteiger partial charge in [0.15, 0.2) is 0 Å². The fourth-order valence-electron chi connectivity index (χ4n) is 2.06. The Balaban J connectivity index is 1.88. The van der Waals surface area contributed by atoms with E-state index in [1.807, 2.05) is 13.8 Å². The van der Waals surface area contributed by atoms with Crippen LogP contribution in [0.5, 0.6) is 0 Å². The van der Waals surface area contributed by atoms with Crippen molar-refractivity contribution in [1.82, 2.24) is 9.97 Å². The number of aryl methyl sites for hydroxylation is 2. The average Bonchev–Trinajstić information content (AvgIpc) is 2.43. The van der Waals surface area contributed by atoms with Gasteiger partial charge in [-0.15, -0.1) is 0 Å². The molecule has 1 unspecified atom stereocenters. The molecule has 0 aliphatic rings. The van der Waals surface area contributed by atoms with Gasteiger partial charge in [0.2, 0.25) is 0 Å². The Bertz CT molecular complexity index is 523. The fraction of sp³-hybridized carbons (Fsp3) is 0.375. The van der Waals surface area contributed by atoms with Crippen LogP contribution in [0.1, 0.15) is 36.2 Å². The summed E-state index contributed by atoms with van der Waals surface area (Å²) >= 11 is 0. The Hall–Kier alpha value is -1.90. The lowest BCUT2D eigenvalue weighted by atomic mass is 9.98. The molecule has 0 amide bonds. The van der Waals surface area contributed by atoms with E-state index in [0.29, 0.717) is 5.92 Å². The molecule has 0 spiro atoms. The van der Waals surface area contributed by atoms with Gasteiger partial charge in [-0.1, -0.05) is 37.3 Å². The summed E-state index contributed by atoms with van der Waals surface area (Å²) < 4.78 is 0. The summed E-state index contributed by atoms with van der Waals surface area (Å²) in [5.74, 6) is 1.45. The number of rotatable bonds is 5. The first-order chi connectivity index (χ1) is 9.16. The van der Waals surface area contributed by atoms with Gasteiger partial charge in [0, 0.05) is 12.7 Å². The van der Waals surface area contributed by atoms with Gasteiger partial charge in [-0.25, -0.2) is 4.98 Å². The summed E-state index contributed by atoms with van der Waals surface area (Å²) in [6.07, 6.45) is 2.88. The highest BCUT2D eigenvalue weighted by atomic mass is 15.0. The van der Waals surface area contributed by atoms with E-state index in [0.717, 1.165) is 30.2 Å². The second-order valence-electron chi connectivity index (χ2n) is 4.97. The molecule has 100 valence electrons. The maximum absolute atomic E-state index is 4.47. The molecule has 1 aromatic carbocycles. The normalized spacial score (nSPS) is 12.2. The molecule has 1 atom stereocenters. The summed E-state index contributed by atoms with van der Waals surface area (Å²) in [6.45, 7) is 7.11. The largest absolute Gasteiger partial charge is 0.369 e. The van der Waals surface area contributed by atoms with E-state index >= 15 is 0 Å². The number of nitrogens with zero attached hydrogens (tertiary/aromatic N) is 2. The van der Waals surface area contributed by atoms with Gasteiger partial charge in [0.05, 0.1) is 11.4 Å². The first-order valence-electron chi connectivity index (χ1n) is 6.76. The Morgan fingerprint density at radius 1 is 1.16 bits per heavy atom. The molecule has 1 aromatic heterocycles. The number of benzene rings is 1. The molecule has 3 heteroatoms. The van der Waals surface area contributed by atoms with Gasteiger partial charge in [0.25, 0.3) is 0 Å². The summed E-state index contributed by atoms with van der Waals surface area (Å²) in [6, 6.07) is 10.6. The van der Waals surface area contributed by atoms with Crippen LogP contribution in [0.25, 0.3) is 0 Å². The first-order valence-corrected chi connectivity index (χ1v) is 6.76. The van der Waals surface area contributed by atoms with Crippen LogP contribution in [0.4, 0.5) is 5.82 Å². The molecule has 3 nitrogen and oxygen atoms in total. The number of hydrogen-bond acceptors (Lipinski definition) is 3. The Morgan fingerprint density at radius 2 is 1.89 bits per heavy atom. The van der Waals surface area contributed by atoms with Crippen molar-refractivity contribution < 1.29 is 0 Å². The van der Waals surface area contributed by atoms with Crippen LogP contribution in [-0.4, -0.2) is 16.5 Å². The quantitative estimate of drug-likeness (QED) is 0.885. The van der Waals surface area contributed by atoms with Crippen LogP contribution < -0.4 is 5.32 Å². The highest BCUT2D eigenvalue weighted by molar-refractivity contribution is 5.39. The number of anilines is 1. The van der Waals surface area contributed by atoms with Crippen molar-refractivity contribution in [3.05, 3.63) is 53.5 Å². The van der Waals surface area contributed by atoms with Crippen molar-refractivity contribution in [2.24, 2.45) is 0 Å². The number of hydrogen-bond donors (Lipinski definition) is 1. The second kappa shape index (κ2) is 6.32. The smallest absolute Gasteiger partial charge is 0.147 e. The van der Waals surface area contributed by atoms with E-state index < -0.39 is 0 Å². The summed E-state index contributed by atoms with van der Waals surface area (Å²) in [5, 5.41) is 3.38. The lowest BCUT2D eigenvalue weighted by Gasteiger charge is -2.13. The zero-order valence-electron chi connectivity index (χ0n) is 11.9. The molecular weight excluding hydrogens is 234 g/mol. The summed E-state index contributed by atoms with van der Waals surface area (Å²) in [7, 11) is 0. The molecule has 19 heavy (non-hydrogen) atoms. The third-order valence-electron chi connectivity index (χ3n) is 3.31.